The average molecular weight is 473 g/mol. The van der Waals surface area contributed by atoms with Crippen LogP contribution in [0.1, 0.15) is 24.1 Å². The van der Waals surface area contributed by atoms with Crippen molar-refractivity contribution < 1.29 is 18.4 Å². The topological polar surface area (TPSA) is 105 Å². The number of methoxy groups -OCH3 is 1. The predicted octanol–water partition coefficient (Wildman–Crippen LogP) is 4.78. The van der Waals surface area contributed by atoms with E-state index in [0.29, 0.717) is 46.5 Å². The Morgan fingerprint density at radius 1 is 1.00 bits per heavy atom. The molecule has 35 heavy (non-hydrogen) atoms. The number of ether oxygens (including phenoxy) is 2. The fourth-order valence-corrected chi connectivity index (χ4v) is 3.92. The van der Waals surface area contributed by atoms with E-state index in [-0.39, 0.29) is 17.6 Å². The third-order valence-electron chi connectivity index (χ3n) is 5.70. The average Bonchev–Trinajstić information content (AvgIpc) is 3.44. The summed E-state index contributed by atoms with van der Waals surface area (Å²) in [6.45, 7) is 6.22. The lowest BCUT2D eigenvalue weighted by molar-refractivity contribution is 0.340. The van der Waals surface area contributed by atoms with Gasteiger partial charge in [0.1, 0.15) is 34.4 Å². The summed E-state index contributed by atoms with van der Waals surface area (Å²) in [6.07, 6.45) is 0. The molecule has 0 radical (unpaired) electrons. The molecule has 0 aliphatic heterocycles. The van der Waals surface area contributed by atoms with E-state index in [1.54, 1.807) is 14.0 Å². The summed E-state index contributed by atoms with van der Waals surface area (Å²) in [5.41, 5.74) is 2.60. The van der Waals surface area contributed by atoms with Crippen LogP contribution in [0, 0.1) is 13.8 Å². The molecule has 3 aromatic heterocycles. The van der Waals surface area contributed by atoms with Crippen molar-refractivity contribution in [1.82, 2.24) is 19.9 Å². The normalized spacial score (nSPS) is 11.2. The molecule has 0 unspecified atom stereocenters. The molecule has 0 bridgehead atoms. The van der Waals surface area contributed by atoms with E-state index in [1.807, 2.05) is 62.4 Å². The fourth-order valence-electron chi connectivity index (χ4n) is 3.92. The van der Waals surface area contributed by atoms with Gasteiger partial charge in [-0.25, -0.2) is 9.67 Å². The minimum Gasteiger partial charge on any atom is -0.497 e. The molecule has 2 aromatic carbocycles. The highest BCUT2D eigenvalue weighted by Crippen LogP contribution is 2.30. The Labute approximate surface area is 200 Å². The lowest BCUT2D eigenvalue weighted by atomic mass is 10.1. The van der Waals surface area contributed by atoms with E-state index >= 15 is 0 Å². The summed E-state index contributed by atoms with van der Waals surface area (Å²) in [6, 6.07) is 15.0. The van der Waals surface area contributed by atoms with Gasteiger partial charge in [-0.1, -0.05) is 17.3 Å². The third kappa shape index (κ3) is 4.16. The van der Waals surface area contributed by atoms with E-state index < -0.39 is 0 Å². The van der Waals surface area contributed by atoms with Crippen molar-refractivity contribution in [2.75, 3.05) is 13.7 Å². The van der Waals surface area contributed by atoms with Crippen molar-refractivity contribution in [1.29, 1.82) is 0 Å². The standard InChI is InChI=1S/C26H24N4O5/c1-5-33-19-11-9-17(10-12-19)25-27-21(15(2)34-25)14-30-26(31)24-22(16(3)35-29-24)23(28-30)18-7-6-8-20(13-18)32-4/h6-13H,5,14H2,1-4H3. The van der Waals surface area contributed by atoms with Crippen molar-refractivity contribution in [3.63, 3.8) is 0 Å². The van der Waals surface area contributed by atoms with Gasteiger partial charge in [-0.15, -0.1) is 0 Å². The molecule has 5 aromatic rings. The Morgan fingerprint density at radius 2 is 1.80 bits per heavy atom. The second-order valence-electron chi connectivity index (χ2n) is 7.99. The summed E-state index contributed by atoms with van der Waals surface area (Å²) >= 11 is 0. The van der Waals surface area contributed by atoms with Crippen LogP contribution in [-0.2, 0) is 6.54 Å². The lowest BCUT2D eigenvalue weighted by Gasteiger charge is -2.09. The quantitative estimate of drug-likeness (QED) is 0.333. The second-order valence-corrected chi connectivity index (χ2v) is 7.99. The van der Waals surface area contributed by atoms with Crippen molar-refractivity contribution in [3.8, 4) is 34.2 Å². The Morgan fingerprint density at radius 3 is 2.54 bits per heavy atom. The Kier molecular flexibility index (Phi) is 5.82. The maximum Gasteiger partial charge on any atom is 0.297 e. The molecular formula is C26H24N4O5. The SMILES string of the molecule is CCOc1ccc(-c2nc(Cn3nc(-c4cccc(OC)c4)c4c(C)onc4c3=O)c(C)o2)cc1. The number of aryl methyl sites for hydroxylation is 2. The van der Waals surface area contributed by atoms with Crippen LogP contribution in [0.4, 0.5) is 0 Å². The number of nitrogens with zero attached hydrogens (tertiary/aromatic N) is 4. The van der Waals surface area contributed by atoms with Gasteiger partial charge in [0.15, 0.2) is 5.52 Å². The number of benzene rings is 2. The molecule has 9 nitrogen and oxygen atoms in total. The molecule has 0 saturated heterocycles. The van der Waals surface area contributed by atoms with Gasteiger partial charge in [-0.05, 0) is 57.2 Å². The van der Waals surface area contributed by atoms with Crippen LogP contribution in [0.3, 0.4) is 0 Å². The molecule has 5 rings (SSSR count). The largest absolute Gasteiger partial charge is 0.497 e. The summed E-state index contributed by atoms with van der Waals surface area (Å²) < 4.78 is 23.5. The molecule has 178 valence electrons. The molecule has 3 heterocycles. The number of rotatable bonds is 7. The molecule has 0 fully saturated rings. The molecular weight excluding hydrogens is 448 g/mol. The third-order valence-corrected chi connectivity index (χ3v) is 5.70. The number of hydrogen-bond donors (Lipinski definition) is 0. The second kappa shape index (κ2) is 9.09. The molecule has 0 amide bonds. The van der Waals surface area contributed by atoms with Crippen molar-refractivity contribution in [3.05, 3.63) is 76.1 Å². The smallest absolute Gasteiger partial charge is 0.297 e. The minimum atomic E-state index is -0.367. The van der Waals surface area contributed by atoms with Crippen LogP contribution in [0.5, 0.6) is 11.5 Å². The molecule has 9 heteroatoms. The first-order valence-electron chi connectivity index (χ1n) is 11.2. The van der Waals surface area contributed by atoms with E-state index in [0.717, 1.165) is 16.9 Å². The van der Waals surface area contributed by atoms with E-state index in [1.165, 1.54) is 4.68 Å². The first kappa shape index (κ1) is 22.4. The summed E-state index contributed by atoms with van der Waals surface area (Å²) in [5.74, 6) is 3.03. The van der Waals surface area contributed by atoms with Gasteiger partial charge in [-0.3, -0.25) is 4.79 Å². The lowest BCUT2D eigenvalue weighted by Crippen LogP contribution is -2.25. The maximum atomic E-state index is 13.2. The van der Waals surface area contributed by atoms with Crippen LogP contribution < -0.4 is 15.0 Å². The fraction of sp³-hybridized carbons (Fsp3) is 0.231. The van der Waals surface area contributed by atoms with E-state index in [9.17, 15) is 4.79 Å². The van der Waals surface area contributed by atoms with Gasteiger partial charge in [0.05, 0.1) is 25.6 Å². The Bertz CT molecular complexity index is 1560. The summed E-state index contributed by atoms with van der Waals surface area (Å²) in [4.78, 5) is 17.9. The Balaban J connectivity index is 1.56. The monoisotopic (exact) mass is 472 g/mol. The highest BCUT2D eigenvalue weighted by atomic mass is 16.5. The van der Waals surface area contributed by atoms with Gasteiger partial charge in [0.2, 0.25) is 5.89 Å². The maximum absolute atomic E-state index is 13.2. The predicted molar refractivity (Wildman–Crippen MR) is 130 cm³/mol. The zero-order chi connectivity index (χ0) is 24.5. The van der Waals surface area contributed by atoms with Gasteiger partial charge in [0.25, 0.3) is 5.56 Å². The van der Waals surface area contributed by atoms with Crippen molar-refractivity contribution >= 4 is 10.9 Å². The van der Waals surface area contributed by atoms with Crippen LogP contribution in [0.2, 0.25) is 0 Å². The van der Waals surface area contributed by atoms with E-state index in [2.05, 4.69) is 15.2 Å². The number of oxazole rings is 1. The highest BCUT2D eigenvalue weighted by molar-refractivity contribution is 5.93. The Hall–Kier alpha value is -4.40. The highest BCUT2D eigenvalue weighted by Gasteiger charge is 2.21. The van der Waals surface area contributed by atoms with Crippen LogP contribution in [0.25, 0.3) is 33.6 Å². The molecule has 0 atom stereocenters. The van der Waals surface area contributed by atoms with Crippen molar-refractivity contribution in [2.24, 2.45) is 0 Å². The molecule has 0 saturated carbocycles. The van der Waals surface area contributed by atoms with Gasteiger partial charge in [0, 0.05) is 11.1 Å². The van der Waals surface area contributed by atoms with Gasteiger partial charge >= 0.3 is 0 Å². The van der Waals surface area contributed by atoms with Crippen LogP contribution in [-0.4, -0.2) is 33.6 Å². The van der Waals surface area contributed by atoms with E-state index in [4.69, 9.17) is 18.4 Å². The van der Waals surface area contributed by atoms with Gasteiger partial charge in [-0.2, -0.15) is 5.10 Å². The molecule has 0 aliphatic carbocycles. The van der Waals surface area contributed by atoms with Crippen molar-refractivity contribution in [2.45, 2.75) is 27.3 Å². The zero-order valence-corrected chi connectivity index (χ0v) is 19.9. The first-order valence-corrected chi connectivity index (χ1v) is 11.2. The summed E-state index contributed by atoms with van der Waals surface area (Å²) in [7, 11) is 1.60. The zero-order valence-electron chi connectivity index (χ0n) is 19.9. The number of aromatic nitrogens is 4. The van der Waals surface area contributed by atoms with Gasteiger partial charge < -0.3 is 18.4 Å². The van der Waals surface area contributed by atoms with Crippen LogP contribution in [0.15, 0.2) is 62.3 Å². The molecule has 0 spiro atoms. The summed E-state index contributed by atoms with van der Waals surface area (Å²) in [5, 5.41) is 9.27. The first-order chi connectivity index (χ1) is 17.0. The number of fused-ring (bicyclic) bond motifs is 1. The molecule has 0 aliphatic rings. The number of hydrogen-bond acceptors (Lipinski definition) is 8. The minimum absolute atomic E-state index is 0.115. The molecule has 0 N–H and O–H groups in total. The van der Waals surface area contributed by atoms with Crippen LogP contribution >= 0.6 is 0 Å².